The zero-order valence-electron chi connectivity index (χ0n) is 34.8. The lowest BCUT2D eigenvalue weighted by molar-refractivity contribution is 0.668. The second-order valence-corrected chi connectivity index (χ2v) is 16.6. The van der Waals surface area contributed by atoms with E-state index in [9.17, 15) is 0 Å². The van der Waals surface area contributed by atoms with Crippen LogP contribution in [0.25, 0.3) is 110 Å². The molecule has 0 atom stereocenters. The average Bonchev–Trinajstić information content (AvgIpc) is 4.12. The fourth-order valence-electron chi connectivity index (χ4n) is 10.1. The first-order valence-electron chi connectivity index (χ1n) is 21.8. The number of benzene rings is 8. The number of pyridine rings is 2. The van der Waals surface area contributed by atoms with Gasteiger partial charge in [-0.1, -0.05) is 78.9 Å². The quantitative estimate of drug-likeness (QED) is 0.167. The Balaban J connectivity index is 0.926. The number of hydrogen-bond donors (Lipinski definition) is 0. The fraction of sp³-hybridized carbons (Fsp3) is 0. The first-order valence-corrected chi connectivity index (χ1v) is 21.8. The molecule has 0 N–H and O–H groups in total. The highest BCUT2D eigenvalue weighted by Crippen LogP contribution is 2.45. The van der Waals surface area contributed by atoms with E-state index in [1.54, 1.807) is 0 Å². The minimum atomic E-state index is 0.778. The molecular weight excluding hydrogens is 799 g/mol. The van der Waals surface area contributed by atoms with E-state index in [-0.39, 0.29) is 0 Å². The van der Waals surface area contributed by atoms with Gasteiger partial charge < -0.3 is 22.9 Å². The van der Waals surface area contributed by atoms with E-state index in [0.29, 0.717) is 0 Å². The third-order valence-electron chi connectivity index (χ3n) is 13.0. The Kier molecular flexibility index (Phi) is 7.55. The number of aromatic nitrogens is 4. The van der Waals surface area contributed by atoms with Crippen molar-refractivity contribution >= 4 is 105 Å². The van der Waals surface area contributed by atoms with Gasteiger partial charge in [-0.05, 0) is 132 Å². The summed E-state index contributed by atoms with van der Waals surface area (Å²) in [5.41, 5.74) is 16.9. The number of anilines is 3. The summed E-state index contributed by atoms with van der Waals surface area (Å²) in [5.74, 6) is 0. The maximum atomic E-state index is 7.20. The highest BCUT2D eigenvalue weighted by atomic mass is 16.3. The topological polar surface area (TPSA) is 65.2 Å². The van der Waals surface area contributed by atoms with Gasteiger partial charge in [0.2, 0.25) is 0 Å². The number of rotatable bonds is 6. The molecule has 0 unspecified atom stereocenters. The number of para-hydroxylation sites is 2. The molecule has 304 valence electrons. The SMILES string of the molecule is c1ccc(-c2ccc(N(c3ccccc3)c3ccc(-n4c5cccnc5c5c6oc7c(ccc8c7c7ccccc7n8-c7ccc8oc9cccnc9c8c7)c6ccc54)cc3)cc2)cc1. The van der Waals surface area contributed by atoms with Crippen molar-refractivity contribution in [2.45, 2.75) is 0 Å². The Bertz CT molecular complexity index is 4160. The average molecular weight is 834 g/mol. The molecular formula is C58H35N5O2. The molecule has 0 fully saturated rings. The molecule has 0 aliphatic rings. The molecule has 0 saturated carbocycles. The molecule has 0 saturated heterocycles. The molecule has 0 aliphatic heterocycles. The second kappa shape index (κ2) is 13.8. The molecule has 6 aromatic heterocycles. The molecule has 8 aromatic carbocycles. The van der Waals surface area contributed by atoms with Gasteiger partial charge in [-0.15, -0.1) is 0 Å². The van der Waals surface area contributed by atoms with Gasteiger partial charge in [-0.2, -0.15) is 0 Å². The van der Waals surface area contributed by atoms with Crippen LogP contribution in [0.2, 0.25) is 0 Å². The van der Waals surface area contributed by atoms with Gasteiger partial charge in [0, 0.05) is 62.4 Å². The predicted octanol–water partition coefficient (Wildman–Crippen LogP) is 15.6. The molecule has 14 rings (SSSR count). The summed E-state index contributed by atoms with van der Waals surface area (Å²) in [6.07, 6.45) is 3.69. The third kappa shape index (κ3) is 5.30. The molecule has 0 amide bonds. The number of furan rings is 2. The van der Waals surface area contributed by atoms with Crippen LogP contribution in [0.15, 0.2) is 221 Å². The summed E-state index contributed by atoms with van der Waals surface area (Å²) in [6, 6.07) is 70.5. The molecule has 0 spiro atoms. The molecule has 7 nitrogen and oxygen atoms in total. The van der Waals surface area contributed by atoms with Crippen LogP contribution in [0.3, 0.4) is 0 Å². The highest BCUT2D eigenvalue weighted by molar-refractivity contribution is 6.28. The van der Waals surface area contributed by atoms with Crippen LogP contribution in [0.5, 0.6) is 0 Å². The molecule has 0 radical (unpaired) electrons. The lowest BCUT2D eigenvalue weighted by Gasteiger charge is -2.26. The molecule has 7 heteroatoms. The van der Waals surface area contributed by atoms with E-state index in [4.69, 9.17) is 13.8 Å². The lowest BCUT2D eigenvalue weighted by atomic mass is 10.0. The first kappa shape index (κ1) is 35.6. The number of hydrogen-bond acceptors (Lipinski definition) is 5. The largest absolute Gasteiger partial charge is 0.455 e. The van der Waals surface area contributed by atoms with E-state index >= 15 is 0 Å². The molecule has 65 heavy (non-hydrogen) atoms. The lowest BCUT2D eigenvalue weighted by Crippen LogP contribution is -2.10. The Morgan fingerprint density at radius 1 is 0.354 bits per heavy atom. The molecule has 0 bridgehead atoms. The maximum Gasteiger partial charge on any atom is 0.153 e. The van der Waals surface area contributed by atoms with Crippen LogP contribution in [0.4, 0.5) is 17.1 Å². The molecule has 6 heterocycles. The standard InChI is InChI=1S/C58H35N5O2/c1-3-11-36(12-4-1)37-19-21-39(22-20-37)61(38-13-5-2-6-14-38)40-23-25-41(26-24-40)62-49-31-29-44-43-28-30-48-53(57(43)65-58(44)54(49)56-50(62)17-9-33-60-56)45-15-7-8-16-47(45)63(48)42-27-32-51-46(35-42)55-52(64-51)18-10-34-59-55/h1-35H. The van der Waals surface area contributed by atoms with Crippen LogP contribution < -0.4 is 4.90 Å². The number of fused-ring (bicyclic) bond motifs is 14. The monoisotopic (exact) mass is 833 g/mol. The maximum absolute atomic E-state index is 7.20. The Labute approximate surface area is 371 Å². The van der Waals surface area contributed by atoms with Crippen molar-refractivity contribution in [2.24, 2.45) is 0 Å². The summed E-state index contributed by atoms with van der Waals surface area (Å²) in [4.78, 5) is 12.0. The summed E-state index contributed by atoms with van der Waals surface area (Å²) in [6.45, 7) is 0. The normalized spacial score (nSPS) is 12.0. The van der Waals surface area contributed by atoms with Crippen molar-refractivity contribution in [3.05, 3.63) is 213 Å². The van der Waals surface area contributed by atoms with Gasteiger partial charge >= 0.3 is 0 Å². The summed E-state index contributed by atoms with van der Waals surface area (Å²) < 4.78 is 18.0. The van der Waals surface area contributed by atoms with E-state index in [0.717, 1.165) is 116 Å². The first-order chi connectivity index (χ1) is 32.2. The minimum absolute atomic E-state index is 0.778. The van der Waals surface area contributed by atoms with Crippen molar-refractivity contribution in [2.75, 3.05) is 4.90 Å². The van der Waals surface area contributed by atoms with E-state index in [2.05, 4.69) is 195 Å². The smallest absolute Gasteiger partial charge is 0.153 e. The highest BCUT2D eigenvalue weighted by Gasteiger charge is 2.24. The van der Waals surface area contributed by atoms with Crippen LogP contribution in [0, 0.1) is 0 Å². The molecule has 0 aliphatic carbocycles. The summed E-state index contributed by atoms with van der Waals surface area (Å²) in [7, 11) is 0. The zero-order chi connectivity index (χ0) is 42.6. The van der Waals surface area contributed by atoms with Crippen LogP contribution >= 0.6 is 0 Å². The van der Waals surface area contributed by atoms with Gasteiger partial charge in [-0.3, -0.25) is 9.97 Å². The fourth-order valence-corrected chi connectivity index (χ4v) is 10.1. The third-order valence-corrected chi connectivity index (χ3v) is 13.0. The van der Waals surface area contributed by atoms with Gasteiger partial charge in [-0.25, -0.2) is 0 Å². The van der Waals surface area contributed by atoms with E-state index < -0.39 is 0 Å². The van der Waals surface area contributed by atoms with Crippen molar-refractivity contribution in [1.82, 2.24) is 19.1 Å². The van der Waals surface area contributed by atoms with Crippen LogP contribution in [0.1, 0.15) is 0 Å². The van der Waals surface area contributed by atoms with Crippen molar-refractivity contribution in [1.29, 1.82) is 0 Å². The van der Waals surface area contributed by atoms with Gasteiger partial charge in [0.1, 0.15) is 27.8 Å². The Hall–Kier alpha value is -8.94. The minimum Gasteiger partial charge on any atom is -0.455 e. The van der Waals surface area contributed by atoms with Crippen molar-refractivity contribution in [3.8, 4) is 22.5 Å². The van der Waals surface area contributed by atoms with Crippen molar-refractivity contribution in [3.63, 3.8) is 0 Å². The predicted molar refractivity (Wildman–Crippen MR) is 265 cm³/mol. The van der Waals surface area contributed by atoms with E-state index in [1.165, 1.54) is 11.1 Å². The molecule has 14 aromatic rings. The van der Waals surface area contributed by atoms with Gasteiger partial charge in [0.15, 0.2) is 5.58 Å². The van der Waals surface area contributed by atoms with Crippen molar-refractivity contribution < 1.29 is 8.83 Å². The zero-order valence-corrected chi connectivity index (χ0v) is 34.8. The van der Waals surface area contributed by atoms with Gasteiger partial charge in [0.25, 0.3) is 0 Å². The Morgan fingerprint density at radius 2 is 0.938 bits per heavy atom. The number of nitrogens with zero attached hydrogens (tertiary/aromatic N) is 5. The summed E-state index contributed by atoms with van der Waals surface area (Å²) in [5, 5.41) is 6.29. The van der Waals surface area contributed by atoms with Crippen LogP contribution in [-0.4, -0.2) is 19.1 Å². The van der Waals surface area contributed by atoms with Gasteiger partial charge in [0.05, 0.1) is 32.8 Å². The van der Waals surface area contributed by atoms with Crippen LogP contribution in [-0.2, 0) is 0 Å². The Morgan fingerprint density at radius 3 is 1.72 bits per heavy atom. The van der Waals surface area contributed by atoms with E-state index in [1.807, 2.05) is 36.7 Å². The summed E-state index contributed by atoms with van der Waals surface area (Å²) >= 11 is 0. The second-order valence-electron chi connectivity index (χ2n) is 16.6.